The predicted molar refractivity (Wildman–Crippen MR) is 58.1 cm³/mol. The van der Waals surface area contributed by atoms with Crippen LogP contribution in [0.3, 0.4) is 0 Å². The Labute approximate surface area is 92.0 Å². The van der Waals surface area contributed by atoms with Gasteiger partial charge in [0.25, 0.3) is 0 Å². The molecule has 1 aromatic carbocycles. The van der Waals surface area contributed by atoms with Gasteiger partial charge in [0.15, 0.2) is 0 Å². The minimum atomic E-state index is -1.16. The fourth-order valence-electron chi connectivity index (χ4n) is 1.07. The van der Waals surface area contributed by atoms with Crippen LogP contribution in [0.1, 0.15) is 5.56 Å². The van der Waals surface area contributed by atoms with E-state index in [9.17, 15) is 15.2 Å². The maximum absolute atomic E-state index is 10.1. The Hall–Kier alpha value is -1.39. The molecule has 0 radical (unpaired) electrons. The van der Waals surface area contributed by atoms with Crippen LogP contribution in [0.15, 0.2) is 36.4 Å². The van der Waals surface area contributed by atoms with Gasteiger partial charge < -0.3 is 5.11 Å². The number of hydrogen-bond acceptors (Lipinski definition) is 3. The van der Waals surface area contributed by atoms with Crippen LogP contribution >= 0.6 is 11.6 Å². The molecule has 0 amide bonds. The third-order valence-electron chi connectivity index (χ3n) is 1.72. The molecule has 0 aliphatic carbocycles. The Balaban J connectivity index is 2.71. The van der Waals surface area contributed by atoms with Crippen molar-refractivity contribution < 1.29 is 10.0 Å². The molecule has 0 fully saturated rings. The summed E-state index contributed by atoms with van der Waals surface area (Å²) in [4.78, 5) is 9.51. The van der Waals surface area contributed by atoms with Crippen molar-refractivity contribution in [1.29, 1.82) is 0 Å². The first-order chi connectivity index (χ1) is 7.09. The lowest BCUT2D eigenvalue weighted by Crippen LogP contribution is -2.16. The zero-order chi connectivity index (χ0) is 11.3. The summed E-state index contributed by atoms with van der Waals surface area (Å²) in [6.45, 7) is -0.539. The lowest BCUT2D eigenvalue weighted by atomic mass is 10.2. The monoisotopic (exact) mass is 227 g/mol. The van der Waals surface area contributed by atoms with E-state index in [1.54, 1.807) is 24.3 Å². The molecule has 1 N–H and O–H groups in total. The molecule has 0 aliphatic rings. The van der Waals surface area contributed by atoms with Crippen molar-refractivity contribution in [1.82, 2.24) is 0 Å². The molecule has 80 valence electrons. The van der Waals surface area contributed by atoms with Crippen molar-refractivity contribution >= 4 is 16.6 Å². The largest absolute Gasteiger partial charge is 0.382 e. The highest BCUT2D eigenvalue weighted by atomic mass is 35.5. The summed E-state index contributed by atoms with van der Waals surface area (Å²) in [7, 11) is 0. The topological polar surface area (TPSA) is 63.4 Å². The third kappa shape index (κ3) is 4.10. The van der Waals surface area contributed by atoms with Gasteiger partial charge in [0.1, 0.15) is 6.10 Å². The zero-order valence-corrected chi connectivity index (χ0v) is 8.59. The van der Waals surface area contributed by atoms with Gasteiger partial charge >= 0.3 is 0 Å². The summed E-state index contributed by atoms with van der Waals surface area (Å²) in [5.41, 5.74) is 0.724. The highest BCUT2D eigenvalue weighted by Crippen LogP contribution is 2.18. The lowest BCUT2D eigenvalue weighted by Gasteiger charge is -2.02. The number of hydrogen-bond donors (Lipinski definition) is 1. The number of nitrogens with zero attached hydrogens (tertiary/aromatic N) is 1. The average Bonchev–Trinajstić information content (AvgIpc) is 2.17. The van der Waals surface area contributed by atoms with Gasteiger partial charge in [-0.1, -0.05) is 41.9 Å². The van der Waals surface area contributed by atoms with E-state index < -0.39 is 17.6 Å². The van der Waals surface area contributed by atoms with E-state index in [0.29, 0.717) is 5.03 Å². The van der Waals surface area contributed by atoms with Crippen molar-refractivity contribution in [2.24, 2.45) is 0 Å². The molecular formula is C10H10ClNO3. The first-order valence-electron chi connectivity index (χ1n) is 4.32. The summed E-state index contributed by atoms with van der Waals surface area (Å²) in [5, 5.41) is 19.7. The van der Waals surface area contributed by atoms with Gasteiger partial charge in [-0.15, -0.1) is 0 Å². The minimum Gasteiger partial charge on any atom is -0.382 e. The van der Waals surface area contributed by atoms with E-state index in [1.807, 2.05) is 6.07 Å². The number of aliphatic hydroxyl groups is 1. The quantitative estimate of drug-likeness (QED) is 0.631. The zero-order valence-electron chi connectivity index (χ0n) is 7.84. The highest BCUT2D eigenvalue weighted by Gasteiger charge is 2.09. The van der Waals surface area contributed by atoms with Gasteiger partial charge in [0, 0.05) is 9.96 Å². The number of halogens is 1. The summed E-state index contributed by atoms with van der Waals surface area (Å²) in [5.74, 6) is 0. The normalized spacial score (nSPS) is 13.6. The SMILES string of the molecule is O=[N+]([O-])C[C@@H](O)/C=C(\Cl)c1ccccc1. The Morgan fingerprint density at radius 2 is 2.13 bits per heavy atom. The van der Waals surface area contributed by atoms with Crippen LogP contribution in [-0.4, -0.2) is 22.7 Å². The Morgan fingerprint density at radius 1 is 1.53 bits per heavy atom. The third-order valence-corrected chi connectivity index (χ3v) is 2.07. The molecule has 5 heteroatoms. The van der Waals surface area contributed by atoms with Crippen LogP contribution in [0.5, 0.6) is 0 Å². The molecule has 4 nitrogen and oxygen atoms in total. The molecule has 0 aromatic heterocycles. The van der Waals surface area contributed by atoms with Gasteiger partial charge in [-0.2, -0.15) is 0 Å². The van der Waals surface area contributed by atoms with E-state index in [4.69, 9.17) is 11.6 Å². The molecular weight excluding hydrogens is 218 g/mol. The Bertz CT molecular complexity index is 364. The van der Waals surface area contributed by atoms with Crippen LogP contribution in [0.2, 0.25) is 0 Å². The molecule has 0 spiro atoms. The summed E-state index contributed by atoms with van der Waals surface area (Å²) >= 11 is 5.86. The van der Waals surface area contributed by atoms with Crippen molar-refractivity contribution in [3.8, 4) is 0 Å². The molecule has 15 heavy (non-hydrogen) atoms. The maximum Gasteiger partial charge on any atom is 0.233 e. The fourth-order valence-corrected chi connectivity index (χ4v) is 1.34. The summed E-state index contributed by atoms with van der Waals surface area (Å²) < 4.78 is 0. The molecule has 1 rings (SSSR count). The standard InChI is InChI=1S/C10H10ClNO3/c11-10(6-9(13)7-12(14)15)8-4-2-1-3-5-8/h1-6,9,13H,7H2/b10-6-/t9-/m0/s1. The second kappa shape index (κ2) is 5.48. The van der Waals surface area contributed by atoms with Crippen LogP contribution in [-0.2, 0) is 0 Å². The van der Waals surface area contributed by atoms with Gasteiger partial charge in [0.2, 0.25) is 6.54 Å². The first-order valence-corrected chi connectivity index (χ1v) is 4.70. The van der Waals surface area contributed by atoms with Crippen LogP contribution < -0.4 is 0 Å². The van der Waals surface area contributed by atoms with Crippen LogP contribution in [0, 0.1) is 10.1 Å². The van der Waals surface area contributed by atoms with Gasteiger partial charge in [-0.05, 0) is 11.6 Å². The second-order valence-corrected chi connectivity index (χ2v) is 3.37. The van der Waals surface area contributed by atoms with Gasteiger partial charge in [-0.25, -0.2) is 0 Å². The Kier molecular flexibility index (Phi) is 4.27. The van der Waals surface area contributed by atoms with Crippen molar-refractivity contribution in [3.05, 3.63) is 52.1 Å². The van der Waals surface area contributed by atoms with E-state index in [2.05, 4.69) is 0 Å². The highest BCUT2D eigenvalue weighted by molar-refractivity contribution is 6.48. The molecule has 0 aliphatic heterocycles. The predicted octanol–water partition coefficient (Wildman–Crippen LogP) is 1.90. The molecule has 0 bridgehead atoms. The number of benzene rings is 1. The number of nitro groups is 1. The lowest BCUT2D eigenvalue weighted by molar-refractivity contribution is -0.487. The first kappa shape index (κ1) is 11.7. The molecule has 1 atom stereocenters. The average molecular weight is 228 g/mol. The Morgan fingerprint density at radius 3 is 2.67 bits per heavy atom. The fraction of sp³-hybridized carbons (Fsp3) is 0.200. The minimum absolute atomic E-state index is 0.310. The van der Waals surface area contributed by atoms with Crippen molar-refractivity contribution in [2.75, 3.05) is 6.54 Å². The van der Waals surface area contributed by atoms with Crippen molar-refractivity contribution in [3.63, 3.8) is 0 Å². The summed E-state index contributed by atoms with van der Waals surface area (Å²) in [6.07, 6.45) is 0.104. The van der Waals surface area contributed by atoms with E-state index in [-0.39, 0.29) is 0 Å². The number of rotatable bonds is 4. The molecule has 0 saturated carbocycles. The van der Waals surface area contributed by atoms with E-state index >= 15 is 0 Å². The number of aliphatic hydroxyl groups excluding tert-OH is 1. The van der Waals surface area contributed by atoms with Gasteiger partial charge in [-0.3, -0.25) is 10.1 Å². The molecule has 1 aromatic rings. The molecule has 0 saturated heterocycles. The molecule has 0 heterocycles. The smallest absolute Gasteiger partial charge is 0.233 e. The van der Waals surface area contributed by atoms with Crippen molar-refractivity contribution in [2.45, 2.75) is 6.10 Å². The van der Waals surface area contributed by atoms with Crippen LogP contribution in [0.25, 0.3) is 5.03 Å². The maximum atomic E-state index is 10.1. The second-order valence-electron chi connectivity index (χ2n) is 2.96. The van der Waals surface area contributed by atoms with Crippen LogP contribution in [0.4, 0.5) is 0 Å². The molecule has 0 unspecified atom stereocenters. The van der Waals surface area contributed by atoms with Gasteiger partial charge in [0.05, 0.1) is 0 Å². The summed E-state index contributed by atoms with van der Waals surface area (Å²) in [6, 6.07) is 8.95. The van der Waals surface area contributed by atoms with E-state index in [0.717, 1.165) is 5.56 Å². The van der Waals surface area contributed by atoms with E-state index in [1.165, 1.54) is 6.08 Å².